The van der Waals surface area contributed by atoms with E-state index in [9.17, 15) is 0 Å². The van der Waals surface area contributed by atoms with Gasteiger partial charge in [0.1, 0.15) is 0 Å². The van der Waals surface area contributed by atoms with Crippen LogP contribution in [0.5, 0.6) is 0 Å². The third-order valence-electron chi connectivity index (χ3n) is 4.05. The van der Waals surface area contributed by atoms with Crippen molar-refractivity contribution in [2.45, 2.75) is 65.5 Å². The zero-order valence-electron chi connectivity index (χ0n) is 16.1. The number of H-pyrrole nitrogens is 1. The maximum Gasteiger partial charge on any atom is -1.00 e. The molecule has 0 atom stereocenters. The molecule has 0 fully saturated rings. The summed E-state index contributed by atoms with van der Waals surface area (Å²) in [6, 6.07) is 0. The minimum Gasteiger partial charge on any atom is -1.00 e. The number of rotatable bonds is 2. The van der Waals surface area contributed by atoms with E-state index in [1.165, 1.54) is 9.56 Å². The first-order chi connectivity index (χ1) is 10.0. The van der Waals surface area contributed by atoms with Gasteiger partial charge >= 0.3 is 147 Å². The molecule has 0 unspecified atom stereocenters. The molecule has 1 aliphatic carbocycles. The molecule has 0 aromatic carbocycles. The summed E-state index contributed by atoms with van der Waals surface area (Å²) in [4.78, 5) is 3.66. The predicted molar refractivity (Wildman–Crippen MR) is 97.5 cm³/mol. The molecule has 132 valence electrons. The maximum atomic E-state index is 3.66. The predicted octanol–water partition coefficient (Wildman–Crippen LogP) is -1.71. The fourth-order valence-electron chi connectivity index (χ4n) is 2.99. The van der Waals surface area contributed by atoms with Crippen molar-refractivity contribution in [3.8, 4) is 0 Å². The summed E-state index contributed by atoms with van der Waals surface area (Å²) in [5, 5.41) is 1.64. The minimum absolute atomic E-state index is 0. The third kappa shape index (κ3) is 5.32. The SMILES string of the molecule is C[Si](C)=C1C=CC=[C]1[Ti+2][c]1[nH]cc(C(C)(C)C)c1C(C)(C)C.[Cl-].[Cl-]. The van der Waals surface area contributed by atoms with Crippen molar-refractivity contribution in [1.82, 2.24) is 4.98 Å². The molecule has 0 aliphatic heterocycles. The van der Waals surface area contributed by atoms with Crippen molar-refractivity contribution in [3.63, 3.8) is 0 Å². The van der Waals surface area contributed by atoms with Gasteiger partial charge < -0.3 is 24.8 Å². The molecule has 0 radical (unpaired) electrons. The van der Waals surface area contributed by atoms with Gasteiger partial charge in [-0.15, -0.1) is 0 Å². The molecule has 0 bridgehead atoms. The summed E-state index contributed by atoms with van der Waals surface area (Å²) in [5.74, 6) is 0. The first-order valence-electron chi connectivity index (χ1n) is 8.07. The molecule has 0 saturated carbocycles. The van der Waals surface area contributed by atoms with Crippen LogP contribution in [-0.2, 0) is 30.0 Å². The molecular formula is C19H29Cl2NSiTi. The van der Waals surface area contributed by atoms with Crippen LogP contribution >= 0.6 is 0 Å². The van der Waals surface area contributed by atoms with Crippen molar-refractivity contribution in [2.24, 2.45) is 0 Å². The summed E-state index contributed by atoms with van der Waals surface area (Å²) >= 11 is -0.293. The summed E-state index contributed by atoms with van der Waals surface area (Å²) in [6.07, 6.45) is 9.22. The Morgan fingerprint density at radius 2 is 1.54 bits per heavy atom. The topological polar surface area (TPSA) is 15.8 Å². The monoisotopic (exact) mass is 417 g/mol. The molecule has 2 rings (SSSR count). The van der Waals surface area contributed by atoms with Crippen LogP contribution in [0.15, 0.2) is 28.3 Å². The van der Waals surface area contributed by atoms with Crippen LogP contribution in [0, 0.1) is 0 Å². The van der Waals surface area contributed by atoms with Gasteiger partial charge in [-0.25, -0.2) is 0 Å². The first kappa shape index (κ1) is 24.1. The van der Waals surface area contributed by atoms with E-state index in [4.69, 9.17) is 0 Å². The van der Waals surface area contributed by atoms with Gasteiger partial charge in [0.25, 0.3) is 0 Å². The second-order valence-electron chi connectivity index (χ2n) is 8.43. The number of nitrogens with one attached hydrogen (secondary N) is 1. The number of hydrogen-bond donors (Lipinski definition) is 1. The molecule has 1 aliphatic rings. The van der Waals surface area contributed by atoms with E-state index in [2.05, 4.69) is 84.0 Å². The second kappa shape index (κ2) is 8.69. The summed E-state index contributed by atoms with van der Waals surface area (Å²) in [7, 11) is -0.370. The Labute approximate surface area is 170 Å². The number of allylic oxidation sites excluding steroid dienone is 4. The Bertz CT molecular complexity index is 667. The molecule has 24 heavy (non-hydrogen) atoms. The summed E-state index contributed by atoms with van der Waals surface area (Å²) < 4.78 is 3.15. The molecule has 1 heterocycles. The fraction of sp³-hybridized carbons (Fsp3) is 0.526. The van der Waals surface area contributed by atoms with Gasteiger partial charge in [-0.05, 0) is 0 Å². The molecule has 0 amide bonds. The Kier molecular flexibility index (Phi) is 8.74. The van der Waals surface area contributed by atoms with E-state index < -0.39 is 0 Å². The Hall–Kier alpha value is 0.141. The van der Waals surface area contributed by atoms with Crippen molar-refractivity contribution in [3.05, 3.63) is 39.4 Å². The van der Waals surface area contributed by atoms with Crippen LogP contribution in [0.4, 0.5) is 0 Å². The van der Waals surface area contributed by atoms with E-state index in [-0.39, 0.29) is 63.2 Å². The van der Waals surface area contributed by atoms with Crippen LogP contribution in [0.1, 0.15) is 52.7 Å². The third-order valence-corrected chi connectivity index (χ3v) is 8.06. The van der Waals surface area contributed by atoms with Gasteiger partial charge in [0.15, 0.2) is 0 Å². The minimum atomic E-state index is -0.370. The molecule has 5 heteroatoms. The Balaban J connectivity index is 0.00000264. The normalized spacial score (nSPS) is 13.8. The zero-order chi connectivity index (χ0) is 16.7. The van der Waals surface area contributed by atoms with Gasteiger partial charge in [-0.2, -0.15) is 0 Å². The maximum absolute atomic E-state index is 3.66. The van der Waals surface area contributed by atoms with Crippen LogP contribution in [0.2, 0.25) is 13.1 Å². The van der Waals surface area contributed by atoms with Crippen LogP contribution in [0.25, 0.3) is 0 Å². The summed E-state index contributed by atoms with van der Waals surface area (Å²) in [5.41, 5.74) is 3.45. The average Bonchev–Trinajstić information content (AvgIpc) is 2.93. The van der Waals surface area contributed by atoms with Crippen molar-refractivity contribution < 1.29 is 44.0 Å². The zero-order valence-corrected chi connectivity index (χ0v) is 20.1. The van der Waals surface area contributed by atoms with Gasteiger partial charge in [-0.3, -0.25) is 0 Å². The number of aromatic nitrogens is 1. The largest absolute Gasteiger partial charge is 1.00 e. The van der Waals surface area contributed by atoms with E-state index in [1.807, 2.05) is 0 Å². The molecular weight excluding hydrogens is 389 g/mol. The molecule has 0 saturated heterocycles. The van der Waals surface area contributed by atoms with Crippen molar-refractivity contribution in [2.75, 3.05) is 0 Å². The van der Waals surface area contributed by atoms with E-state index in [0.717, 1.165) is 0 Å². The van der Waals surface area contributed by atoms with Gasteiger partial charge in [0, 0.05) is 0 Å². The van der Waals surface area contributed by atoms with E-state index in [1.54, 1.807) is 14.6 Å². The van der Waals surface area contributed by atoms with E-state index in [0.29, 0.717) is 0 Å². The standard InChI is InChI=1S/C12H20N.C7H9Si.2ClH.Ti/c1-11(2,3)9-7-13-8-10(9)12(4,5)6;1-8(2)7-5-3-4-6-7;;;/h7,13H,1-6H3;3-5H,1-2H3;2*1H;/q;;;;+2/p-2. The van der Waals surface area contributed by atoms with Crippen LogP contribution in [0.3, 0.4) is 0 Å². The molecule has 1 aromatic heterocycles. The van der Waals surface area contributed by atoms with E-state index >= 15 is 0 Å². The molecule has 1 nitrogen and oxygen atoms in total. The molecule has 1 aromatic rings. The Morgan fingerprint density at radius 3 is 2.00 bits per heavy atom. The molecule has 0 spiro atoms. The van der Waals surface area contributed by atoms with Gasteiger partial charge in [0.2, 0.25) is 0 Å². The van der Waals surface area contributed by atoms with Gasteiger partial charge in [-0.1, -0.05) is 0 Å². The number of hydrogen-bond acceptors (Lipinski definition) is 0. The summed E-state index contributed by atoms with van der Waals surface area (Å²) in [6.45, 7) is 18.8. The van der Waals surface area contributed by atoms with Gasteiger partial charge in [0.05, 0.1) is 0 Å². The number of aromatic amines is 1. The number of halogens is 2. The first-order valence-corrected chi connectivity index (χ1v) is 12.1. The van der Waals surface area contributed by atoms with Crippen molar-refractivity contribution >= 4 is 17.6 Å². The fourth-order valence-corrected chi connectivity index (χ4v) is 7.73. The quantitative estimate of drug-likeness (QED) is 0.551. The van der Waals surface area contributed by atoms with Crippen LogP contribution in [-0.4, -0.2) is 18.6 Å². The second-order valence-corrected chi connectivity index (χ2v) is 13.0. The smallest absolute Gasteiger partial charge is 1.00 e. The van der Waals surface area contributed by atoms with Crippen LogP contribution < -0.4 is 28.8 Å². The van der Waals surface area contributed by atoms with Crippen molar-refractivity contribution in [1.29, 1.82) is 0 Å². The average molecular weight is 418 g/mol. The Morgan fingerprint density at radius 1 is 0.958 bits per heavy atom. The molecule has 1 N–H and O–H groups in total.